The number of rotatable bonds is 2. The van der Waals surface area contributed by atoms with Crippen molar-refractivity contribution in [2.75, 3.05) is 0 Å². The predicted molar refractivity (Wildman–Crippen MR) is 74.5 cm³/mol. The summed E-state index contributed by atoms with van der Waals surface area (Å²) in [5.41, 5.74) is 1.45. The maximum absolute atomic E-state index is 14.3. The van der Waals surface area contributed by atoms with Gasteiger partial charge in [0.15, 0.2) is 0 Å². The van der Waals surface area contributed by atoms with Crippen molar-refractivity contribution in [2.24, 2.45) is 11.8 Å². The molecule has 2 aliphatic carbocycles. The van der Waals surface area contributed by atoms with E-state index < -0.39 is 5.60 Å². The average Bonchev–Trinajstić information content (AvgIpc) is 3.10. The van der Waals surface area contributed by atoms with E-state index in [1.54, 1.807) is 6.07 Å². The zero-order chi connectivity index (χ0) is 13.6. The van der Waals surface area contributed by atoms with Gasteiger partial charge in [-0.1, -0.05) is 6.07 Å². The molecule has 2 aliphatic rings. The molecule has 104 valence electrons. The van der Waals surface area contributed by atoms with Crippen molar-refractivity contribution in [3.8, 4) is 0 Å². The number of benzene rings is 1. The van der Waals surface area contributed by atoms with Gasteiger partial charge in [-0.05, 0) is 81.4 Å². The Morgan fingerprint density at radius 3 is 2.53 bits per heavy atom. The van der Waals surface area contributed by atoms with Crippen LogP contribution in [0.25, 0.3) is 0 Å². The topological polar surface area (TPSA) is 20.2 Å². The van der Waals surface area contributed by atoms with Crippen molar-refractivity contribution in [1.82, 2.24) is 0 Å². The molecule has 2 atom stereocenters. The van der Waals surface area contributed by atoms with Gasteiger partial charge < -0.3 is 5.11 Å². The Morgan fingerprint density at radius 2 is 1.89 bits per heavy atom. The molecule has 1 aromatic carbocycles. The van der Waals surface area contributed by atoms with Gasteiger partial charge in [0, 0.05) is 5.56 Å². The molecule has 0 aliphatic heterocycles. The molecule has 19 heavy (non-hydrogen) atoms. The van der Waals surface area contributed by atoms with Crippen molar-refractivity contribution in [2.45, 2.75) is 58.0 Å². The molecule has 0 amide bonds. The van der Waals surface area contributed by atoms with Gasteiger partial charge in [0.05, 0.1) is 5.60 Å². The van der Waals surface area contributed by atoms with Gasteiger partial charge in [-0.3, -0.25) is 0 Å². The minimum absolute atomic E-state index is 0.226. The second kappa shape index (κ2) is 4.59. The molecule has 2 heteroatoms. The SMILES string of the molecule is Cc1cc(C)c(C2(O)CCCC(C3CC3)C2)c(F)c1. The van der Waals surface area contributed by atoms with Gasteiger partial charge >= 0.3 is 0 Å². The second-order valence-corrected chi connectivity index (χ2v) is 6.66. The molecule has 0 aromatic heterocycles. The van der Waals surface area contributed by atoms with Crippen molar-refractivity contribution >= 4 is 0 Å². The first kappa shape index (κ1) is 13.1. The second-order valence-electron chi connectivity index (χ2n) is 6.66. The first-order valence-electron chi connectivity index (χ1n) is 7.49. The Labute approximate surface area is 114 Å². The minimum atomic E-state index is -0.937. The molecule has 0 heterocycles. The third-order valence-electron chi connectivity index (χ3n) is 4.95. The Kier molecular flexibility index (Phi) is 3.17. The molecule has 3 rings (SSSR count). The normalized spacial score (nSPS) is 31.5. The molecule has 2 saturated carbocycles. The largest absolute Gasteiger partial charge is 0.385 e. The third kappa shape index (κ3) is 2.43. The summed E-state index contributed by atoms with van der Waals surface area (Å²) in [5.74, 6) is 1.16. The van der Waals surface area contributed by atoms with Crippen LogP contribution < -0.4 is 0 Å². The quantitative estimate of drug-likeness (QED) is 0.845. The lowest BCUT2D eigenvalue weighted by molar-refractivity contribution is -0.0283. The lowest BCUT2D eigenvalue weighted by Gasteiger charge is -2.38. The third-order valence-corrected chi connectivity index (χ3v) is 4.95. The summed E-state index contributed by atoms with van der Waals surface area (Å²) in [6.07, 6.45) is 6.28. The van der Waals surface area contributed by atoms with Crippen LogP contribution in [0.2, 0.25) is 0 Å². The predicted octanol–water partition coefficient (Wildman–Crippen LogP) is 4.23. The highest BCUT2D eigenvalue weighted by Crippen LogP contribution is 2.50. The van der Waals surface area contributed by atoms with E-state index in [0.29, 0.717) is 17.9 Å². The van der Waals surface area contributed by atoms with Crippen LogP contribution in [0.5, 0.6) is 0 Å². The van der Waals surface area contributed by atoms with Gasteiger partial charge in [0.25, 0.3) is 0 Å². The highest BCUT2D eigenvalue weighted by atomic mass is 19.1. The molecular weight excluding hydrogens is 239 g/mol. The van der Waals surface area contributed by atoms with Crippen LogP contribution in [0, 0.1) is 31.5 Å². The first-order valence-corrected chi connectivity index (χ1v) is 7.49. The Balaban J connectivity index is 1.95. The van der Waals surface area contributed by atoms with E-state index in [0.717, 1.165) is 29.9 Å². The summed E-state index contributed by atoms with van der Waals surface area (Å²) >= 11 is 0. The van der Waals surface area contributed by atoms with Crippen molar-refractivity contribution in [1.29, 1.82) is 0 Å². The fourth-order valence-electron chi connectivity index (χ4n) is 4.00. The number of halogens is 1. The van der Waals surface area contributed by atoms with Gasteiger partial charge in [0.1, 0.15) is 5.82 Å². The van der Waals surface area contributed by atoms with Crippen molar-refractivity contribution < 1.29 is 9.50 Å². The standard InChI is InChI=1S/C17H23FO/c1-11-8-12(2)16(15(18)9-11)17(19)7-3-4-14(10-17)13-5-6-13/h8-9,13-14,19H,3-7,10H2,1-2H3. The summed E-state index contributed by atoms with van der Waals surface area (Å²) in [7, 11) is 0. The van der Waals surface area contributed by atoms with Crippen LogP contribution in [0.3, 0.4) is 0 Å². The van der Waals surface area contributed by atoms with Crippen LogP contribution in [0.4, 0.5) is 4.39 Å². The first-order chi connectivity index (χ1) is 8.99. The fourth-order valence-corrected chi connectivity index (χ4v) is 4.00. The average molecular weight is 262 g/mol. The highest BCUT2D eigenvalue weighted by molar-refractivity contribution is 5.36. The molecule has 2 unspecified atom stereocenters. The molecule has 0 spiro atoms. The van der Waals surface area contributed by atoms with E-state index in [9.17, 15) is 9.50 Å². The smallest absolute Gasteiger partial charge is 0.129 e. The maximum atomic E-state index is 14.3. The lowest BCUT2D eigenvalue weighted by Crippen LogP contribution is -2.35. The molecule has 1 aromatic rings. The summed E-state index contributed by atoms with van der Waals surface area (Å²) in [6.45, 7) is 3.82. The molecule has 2 fully saturated rings. The Morgan fingerprint density at radius 1 is 1.16 bits per heavy atom. The lowest BCUT2D eigenvalue weighted by atomic mass is 9.71. The number of aryl methyl sites for hydroxylation is 2. The molecule has 0 saturated heterocycles. The van der Waals surface area contributed by atoms with Gasteiger partial charge in [-0.15, -0.1) is 0 Å². The van der Waals surface area contributed by atoms with Crippen molar-refractivity contribution in [3.05, 3.63) is 34.6 Å². The van der Waals surface area contributed by atoms with E-state index in [-0.39, 0.29) is 5.82 Å². The zero-order valence-corrected chi connectivity index (χ0v) is 11.9. The maximum Gasteiger partial charge on any atom is 0.129 e. The van der Waals surface area contributed by atoms with E-state index in [1.165, 1.54) is 19.3 Å². The van der Waals surface area contributed by atoms with Crippen LogP contribution in [0.15, 0.2) is 12.1 Å². The fraction of sp³-hybridized carbons (Fsp3) is 0.647. The highest BCUT2D eigenvalue weighted by Gasteiger charge is 2.43. The summed E-state index contributed by atoms with van der Waals surface area (Å²) in [5, 5.41) is 11.0. The molecule has 1 nitrogen and oxygen atoms in total. The summed E-state index contributed by atoms with van der Waals surface area (Å²) < 4.78 is 14.3. The Hall–Kier alpha value is -0.890. The molecular formula is C17H23FO. The summed E-state index contributed by atoms with van der Waals surface area (Å²) in [4.78, 5) is 0. The van der Waals surface area contributed by atoms with E-state index in [4.69, 9.17) is 0 Å². The molecule has 0 radical (unpaired) electrons. The number of hydrogen-bond donors (Lipinski definition) is 1. The van der Waals surface area contributed by atoms with Gasteiger partial charge in [0.2, 0.25) is 0 Å². The summed E-state index contributed by atoms with van der Waals surface area (Å²) in [6, 6.07) is 3.54. The monoisotopic (exact) mass is 262 g/mol. The van der Waals surface area contributed by atoms with E-state index >= 15 is 0 Å². The van der Waals surface area contributed by atoms with Crippen LogP contribution in [-0.4, -0.2) is 5.11 Å². The van der Waals surface area contributed by atoms with Crippen LogP contribution in [-0.2, 0) is 5.60 Å². The number of aliphatic hydroxyl groups is 1. The Bertz CT molecular complexity index is 469. The van der Waals surface area contributed by atoms with Crippen LogP contribution >= 0.6 is 0 Å². The molecule has 0 bridgehead atoms. The minimum Gasteiger partial charge on any atom is -0.385 e. The van der Waals surface area contributed by atoms with Gasteiger partial charge in [-0.25, -0.2) is 4.39 Å². The van der Waals surface area contributed by atoms with E-state index in [2.05, 4.69) is 0 Å². The van der Waals surface area contributed by atoms with Gasteiger partial charge in [-0.2, -0.15) is 0 Å². The van der Waals surface area contributed by atoms with Crippen LogP contribution in [0.1, 0.15) is 55.2 Å². The number of hydrogen-bond acceptors (Lipinski definition) is 1. The molecule has 1 N–H and O–H groups in total. The zero-order valence-electron chi connectivity index (χ0n) is 11.9. The van der Waals surface area contributed by atoms with E-state index in [1.807, 2.05) is 19.9 Å². The van der Waals surface area contributed by atoms with Crippen molar-refractivity contribution in [3.63, 3.8) is 0 Å².